The minimum Gasteiger partial charge on any atom is -0.355 e. The van der Waals surface area contributed by atoms with E-state index in [9.17, 15) is 4.79 Å². The molecule has 1 N–H and O–H groups in total. The molecule has 1 unspecified atom stereocenters. The quantitative estimate of drug-likeness (QED) is 0.745. The molecular weight excluding hydrogens is 386 g/mol. The van der Waals surface area contributed by atoms with Crippen LogP contribution in [-0.2, 0) is 11.2 Å². The van der Waals surface area contributed by atoms with Crippen molar-refractivity contribution in [1.29, 1.82) is 0 Å². The van der Waals surface area contributed by atoms with Gasteiger partial charge in [-0.1, -0.05) is 30.3 Å². The lowest BCUT2D eigenvalue weighted by molar-refractivity contribution is -0.125. The lowest BCUT2D eigenvalue weighted by Crippen LogP contribution is -2.46. The number of aryl methyl sites for hydroxylation is 1. The van der Waals surface area contributed by atoms with Crippen LogP contribution in [0.15, 0.2) is 42.6 Å². The first-order valence-corrected chi connectivity index (χ1v) is 11.8. The normalized spacial score (nSPS) is 20.5. The maximum Gasteiger partial charge on any atom is 0.225 e. The summed E-state index contributed by atoms with van der Waals surface area (Å²) in [6.45, 7) is 7.56. The van der Waals surface area contributed by atoms with Crippen LogP contribution < -0.4 is 10.2 Å². The lowest BCUT2D eigenvalue weighted by Gasteiger charge is -2.33. The van der Waals surface area contributed by atoms with E-state index < -0.39 is 0 Å². The molecule has 1 amide bonds. The molecular formula is C25H35N5O. The molecule has 2 fully saturated rings. The van der Waals surface area contributed by atoms with Crippen LogP contribution >= 0.6 is 0 Å². The van der Waals surface area contributed by atoms with Crippen LogP contribution in [0.1, 0.15) is 36.9 Å². The summed E-state index contributed by atoms with van der Waals surface area (Å²) >= 11 is 0. The molecule has 2 aromatic rings. The number of carbonyl (C=O) groups is 1. The van der Waals surface area contributed by atoms with Gasteiger partial charge in [-0.05, 0) is 69.7 Å². The van der Waals surface area contributed by atoms with Crippen LogP contribution in [0.4, 0.5) is 5.95 Å². The van der Waals surface area contributed by atoms with Gasteiger partial charge < -0.3 is 15.1 Å². The van der Waals surface area contributed by atoms with Gasteiger partial charge in [0, 0.05) is 38.1 Å². The second-order valence-corrected chi connectivity index (χ2v) is 9.05. The highest BCUT2D eigenvalue weighted by molar-refractivity contribution is 5.79. The zero-order chi connectivity index (χ0) is 21.5. The van der Waals surface area contributed by atoms with Crippen molar-refractivity contribution in [2.75, 3.05) is 44.2 Å². The molecule has 0 bridgehead atoms. The van der Waals surface area contributed by atoms with Crippen LogP contribution in [0, 0.1) is 18.8 Å². The van der Waals surface area contributed by atoms with Crippen LogP contribution in [0.25, 0.3) is 0 Å². The van der Waals surface area contributed by atoms with E-state index >= 15 is 0 Å². The number of likely N-dealkylation sites (tertiary alicyclic amines) is 1. The van der Waals surface area contributed by atoms with Crippen molar-refractivity contribution in [2.45, 2.75) is 39.0 Å². The first-order valence-electron chi connectivity index (χ1n) is 11.8. The number of anilines is 1. The number of piperidine rings is 2. The zero-order valence-electron chi connectivity index (χ0n) is 18.7. The maximum absolute atomic E-state index is 12.7. The molecule has 2 saturated heterocycles. The van der Waals surface area contributed by atoms with E-state index in [2.05, 4.69) is 55.4 Å². The number of hydrogen-bond donors (Lipinski definition) is 1. The molecule has 1 aromatic carbocycles. The summed E-state index contributed by atoms with van der Waals surface area (Å²) in [4.78, 5) is 26.3. The van der Waals surface area contributed by atoms with Gasteiger partial charge in [-0.15, -0.1) is 0 Å². The summed E-state index contributed by atoms with van der Waals surface area (Å²) in [6, 6.07) is 12.7. The minimum atomic E-state index is 0.0227. The second kappa shape index (κ2) is 10.7. The molecule has 0 saturated carbocycles. The molecule has 6 nitrogen and oxygen atoms in total. The monoisotopic (exact) mass is 421 g/mol. The first kappa shape index (κ1) is 21.8. The third kappa shape index (κ3) is 6.26. The third-order valence-corrected chi connectivity index (χ3v) is 6.66. The van der Waals surface area contributed by atoms with Gasteiger partial charge in [0.05, 0.1) is 5.92 Å². The van der Waals surface area contributed by atoms with Crippen LogP contribution in [0.2, 0.25) is 0 Å². The Balaban J connectivity index is 1.16. The molecule has 4 rings (SSSR count). The Hall–Kier alpha value is -2.47. The van der Waals surface area contributed by atoms with E-state index in [0.29, 0.717) is 6.54 Å². The van der Waals surface area contributed by atoms with Crippen molar-refractivity contribution in [1.82, 2.24) is 20.2 Å². The Morgan fingerprint density at radius 1 is 1.10 bits per heavy atom. The van der Waals surface area contributed by atoms with E-state index in [1.165, 1.54) is 24.8 Å². The van der Waals surface area contributed by atoms with Gasteiger partial charge in [0.2, 0.25) is 11.9 Å². The van der Waals surface area contributed by atoms with Gasteiger partial charge in [0.25, 0.3) is 0 Å². The summed E-state index contributed by atoms with van der Waals surface area (Å²) < 4.78 is 0. The third-order valence-electron chi connectivity index (χ3n) is 6.66. The smallest absolute Gasteiger partial charge is 0.225 e. The Kier molecular flexibility index (Phi) is 7.52. The number of amides is 1. The highest BCUT2D eigenvalue weighted by Crippen LogP contribution is 2.22. The molecule has 0 aliphatic carbocycles. The van der Waals surface area contributed by atoms with Gasteiger partial charge in [-0.25, -0.2) is 9.97 Å². The molecule has 0 radical (unpaired) electrons. The summed E-state index contributed by atoms with van der Waals surface area (Å²) in [5.41, 5.74) is 2.41. The fourth-order valence-corrected chi connectivity index (χ4v) is 4.80. The standard InChI is InChI=1S/C25H35N5O/c1-20-9-12-27-25(28-20)30-14-5-8-23(19-30)24(31)26-13-17-29-15-10-22(11-16-29)18-21-6-3-2-4-7-21/h2-4,6-7,9,12,22-23H,5,8,10-11,13-19H2,1H3,(H,26,31). The fraction of sp³-hybridized carbons (Fsp3) is 0.560. The largest absolute Gasteiger partial charge is 0.355 e. The maximum atomic E-state index is 12.7. The first-order chi connectivity index (χ1) is 15.2. The second-order valence-electron chi connectivity index (χ2n) is 9.05. The zero-order valence-corrected chi connectivity index (χ0v) is 18.7. The Morgan fingerprint density at radius 3 is 2.68 bits per heavy atom. The number of carbonyl (C=O) groups excluding carboxylic acids is 1. The Morgan fingerprint density at radius 2 is 1.90 bits per heavy atom. The van der Waals surface area contributed by atoms with Crippen molar-refractivity contribution in [3.05, 3.63) is 53.9 Å². The van der Waals surface area contributed by atoms with Crippen molar-refractivity contribution in [2.24, 2.45) is 11.8 Å². The summed E-state index contributed by atoms with van der Waals surface area (Å²) in [5, 5.41) is 3.19. The molecule has 31 heavy (non-hydrogen) atoms. The van der Waals surface area contributed by atoms with E-state index in [1.54, 1.807) is 6.20 Å². The molecule has 3 heterocycles. The number of hydrogen-bond acceptors (Lipinski definition) is 5. The van der Waals surface area contributed by atoms with E-state index in [1.807, 2.05) is 13.0 Å². The molecule has 0 spiro atoms. The predicted molar refractivity (Wildman–Crippen MR) is 124 cm³/mol. The van der Waals surface area contributed by atoms with Crippen LogP contribution in [0.5, 0.6) is 0 Å². The number of rotatable bonds is 7. The number of nitrogens with one attached hydrogen (secondary N) is 1. The van der Waals surface area contributed by atoms with Crippen LogP contribution in [0.3, 0.4) is 0 Å². The van der Waals surface area contributed by atoms with Crippen molar-refractivity contribution in [3.63, 3.8) is 0 Å². The number of benzene rings is 1. The summed E-state index contributed by atoms with van der Waals surface area (Å²) in [6.07, 6.45) is 7.43. The van der Waals surface area contributed by atoms with Gasteiger partial charge in [-0.2, -0.15) is 0 Å². The van der Waals surface area contributed by atoms with E-state index in [0.717, 1.165) is 63.1 Å². The highest BCUT2D eigenvalue weighted by atomic mass is 16.1. The van der Waals surface area contributed by atoms with Crippen molar-refractivity contribution < 1.29 is 4.79 Å². The minimum absolute atomic E-state index is 0.0227. The van der Waals surface area contributed by atoms with E-state index in [4.69, 9.17) is 0 Å². The number of nitrogens with zero attached hydrogens (tertiary/aromatic N) is 4. The van der Waals surface area contributed by atoms with Gasteiger partial charge in [-0.3, -0.25) is 4.79 Å². The van der Waals surface area contributed by atoms with Crippen molar-refractivity contribution >= 4 is 11.9 Å². The molecule has 2 aliphatic rings. The lowest BCUT2D eigenvalue weighted by atomic mass is 9.90. The van der Waals surface area contributed by atoms with Gasteiger partial charge in [0.15, 0.2) is 0 Å². The van der Waals surface area contributed by atoms with Crippen LogP contribution in [-0.4, -0.2) is 60.0 Å². The van der Waals surface area contributed by atoms with Gasteiger partial charge >= 0.3 is 0 Å². The average molecular weight is 422 g/mol. The highest BCUT2D eigenvalue weighted by Gasteiger charge is 2.27. The van der Waals surface area contributed by atoms with Gasteiger partial charge in [0.1, 0.15) is 0 Å². The molecule has 166 valence electrons. The topological polar surface area (TPSA) is 61.4 Å². The van der Waals surface area contributed by atoms with Crippen molar-refractivity contribution in [3.8, 4) is 0 Å². The average Bonchev–Trinajstić information content (AvgIpc) is 2.81. The molecule has 1 aromatic heterocycles. The SMILES string of the molecule is Cc1ccnc(N2CCCC(C(=O)NCCN3CCC(Cc4ccccc4)CC3)C2)n1. The molecule has 2 aliphatic heterocycles. The Bertz CT molecular complexity index is 835. The number of aromatic nitrogens is 2. The van der Waals surface area contributed by atoms with E-state index in [-0.39, 0.29) is 11.8 Å². The summed E-state index contributed by atoms with van der Waals surface area (Å²) in [5.74, 6) is 1.73. The molecule has 1 atom stereocenters. The molecule has 6 heteroatoms. The Labute approximate surface area is 186 Å². The predicted octanol–water partition coefficient (Wildman–Crippen LogP) is 3.07. The summed E-state index contributed by atoms with van der Waals surface area (Å²) in [7, 11) is 0. The fourth-order valence-electron chi connectivity index (χ4n) is 4.80.